The Balaban J connectivity index is 2.33. The Morgan fingerprint density at radius 1 is 1.39 bits per heavy atom. The van der Waals surface area contributed by atoms with Crippen LogP contribution < -0.4 is 10.6 Å². The molecule has 0 aliphatic carbocycles. The van der Waals surface area contributed by atoms with E-state index >= 15 is 0 Å². The molecule has 1 amide bonds. The van der Waals surface area contributed by atoms with E-state index in [4.69, 9.17) is 5.73 Å². The number of fused-ring (bicyclic) bond motifs is 3. The predicted molar refractivity (Wildman–Crippen MR) is 69.9 cm³/mol. The highest BCUT2D eigenvalue weighted by Gasteiger charge is 2.31. The number of anilines is 2. The van der Waals surface area contributed by atoms with Crippen molar-refractivity contribution in [2.75, 3.05) is 10.6 Å². The van der Waals surface area contributed by atoms with Crippen molar-refractivity contribution < 1.29 is 4.79 Å². The summed E-state index contributed by atoms with van der Waals surface area (Å²) in [5, 5.41) is 4.27. The number of para-hydroxylation sites is 1. The molecule has 18 heavy (non-hydrogen) atoms. The minimum atomic E-state index is -0.162. The third-order valence-corrected chi connectivity index (χ3v) is 3.31. The topological polar surface area (TPSA) is 64.2 Å². The van der Waals surface area contributed by atoms with E-state index in [1.807, 2.05) is 31.2 Å². The second kappa shape index (κ2) is 3.60. The van der Waals surface area contributed by atoms with E-state index in [1.54, 1.807) is 22.7 Å². The number of nitrogen functional groups attached to an aromatic ring is 1. The molecular formula is C13H14N4O. The average molecular weight is 242 g/mol. The van der Waals surface area contributed by atoms with E-state index < -0.39 is 0 Å². The summed E-state index contributed by atoms with van der Waals surface area (Å²) in [7, 11) is 0. The summed E-state index contributed by atoms with van der Waals surface area (Å²) >= 11 is 0. The zero-order valence-corrected chi connectivity index (χ0v) is 10.3. The van der Waals surface area contributed by atoms with E-state index in [2.05, 4.69) is 5.10 Å². The molecule has 5 heteroatoms. The fraction of sp³-hybridized carbons (Fsp3) is 0.231. The Labute approximate surface area is 105 Å². The molecule has 2 heterocycles. The standard InChI is InChI=1S/C13H14N4O/c1-8-16(9(2)18)12-6-4-3-5-10(12)13-11(14)7-15-17(8)13/h3-8H,14H2,1-2H3. The van der Waals surface area contributed by atoms with Gasteiger partial charge < -0.3 is 5.73 Å². The van der Waals surface area contributed by atoms with Gasteiger partial charge in [0.1, 0.15) is 6.17 Å². The first kappa shape index (κ1) is 10.8. The minimum absolute atomic E-state index is 0.00493. The lowest BCUT2D eigenvalue weighted by atomic mass is 10.0. The molecule has 92 valence electrons. The molecule has 2 aromatic rings. The maximum atomic E-state index is 11.8. The van der Waals surface area contributed by atoms with Gasteiger partial charge in [-0.3, -0.25) is 9.69 Å². The largest absolute Gasteiger partial charge is 0.396 e. The molecule has 1 aromatic heterocycles. The second-order valence-electron chi connectivity index (χ2n) is 4.43. The summed E-state index contributed by atoms with van der Waals surface area (Å²) < 4.78 is 1.79. The molecule has 1 aliphatic heterocycles. The van der Waals surface area contributed by atoms with Gasteiger partial charge in [0.15, 0.2) is 0 Å². The highest BCUT2D eigenvalue weighted by molar-refractivity contribution is 5.99. The van der Waals surface area contributed by atoms with E-state index in [0.29, 0.717) is 5.69 Å². The van der Waals surface area contributed by atoms with E-state index in [1.165, 1.54) is 0 Å². The molecule has 0 saturated carbocycles. The molecule has 0 saturated heterocycles. The predicted octanol–water partition coefficient (Wildman–Crippen LogP) is 2.02. The fourth-order valence-electron chi connectivity index (χ4n) is 2.57. The molecule has 0 spiro atoms. The first-order valence-corrected chi connectivity index (χ1v) is 5.83. The quantitative estimate of drug-likeness (QED) is 0.768. The Hall–Kier alpha value is -2.30. The van der Waals surface area contributed by atoms with Gasteiger partial charge in [0.05, 0.1) is 23.3 Å². The summed E-state index contributed by atoms with van der Waals surface area (Å²) in [6, 6.07) is 7.75. The second-order valence-corrected chi connectivity index (χ2v) is 4.43. The van der Waals surface area contributed by atoms with Crippen molar-refractivity contribution in [2.45, 2.75) is 20.0 Å². The van der Waals surface area contributed by atoms with Gasteiger partial charge in [0.25, 0.3) is 0 Å². The van der Waals surface area contributed by atoms with Gasteiger partial charge in [0, 0.05) is 12.5 Å². The molecule has 1 aliphatic rings. The number of aromatic nitrogens is 2. The maximum Gasteiger partial charge on any atom is 0.225 e. The van der Waals surface area contributed by atoms with Crippen LogP contribution in [0, 0.1) is 0 Å². The zero-order valence-electron chi connectivity index (χ0n) is 10.3. The van der Waals surface area contributed by atoms with Crippen LogP contribution in [0.25, 0.3) is 11.3 Å². The van der Waals surface area contributed by atoms with E-state index in [-0.39, 0.29) is 12.1 Å². The van der Waals surface area contributed by atoms with Gasteiger partial charge >= 0.3 is 0 Å². The fourth-order valence-corrected chi connectivity index (χ4v) is 2.57. The van der Waals surface area contributed by atoms with Crippen LogP contribution in [-0.2, 0) is 4.79 Å². The summed E-state index contributed by atoms with van der Waals surface area (Å²) in [6.45, 7) is 3.50. The van der Waals surface area contributed by atoms with Crippen LogP contribution in [0.4, 0.5) is 11.4 Å². The number of carbonyl (C=O) groups excluding carboxylic acids is 1. The third-order valence-electron chi connectivity index (χ3n) is 3.31. The highest BCUT2D eigenvalue weighted by Crippen LogP contribution is 2.42. The molecule has 3 rings (SSSR count). The molecule has 1 unspecified atom stereocenters. The maximum absolute atomic E-state index is 11.8. The van der Waals surface area contributed by atoms with Gasteiger partial charge in [-0.25, -0.2) is 4.68 Å². The molecule has 5 nitrogen and oxygen atoms in total. The smallest absolute Gasteiger partial charge is 0.225 e. The van der Waals surface area contributed by atoms with Crippen molar-refractivity contribution in [1.29, 1.82) is 0 Å². The number of amides is 1. The summed E-state index contributed by atoms with van der Waals surface area (Å²) in [4.78, 5) is 13.6. The normalized spacial score (nSPS) is 17.2. The van der Waals surface area contributed by atoms with Crippen LogP contribution >= 0.6 is 0 Å². The summed E-state index contributed by atoms with van der Waals surface area (Å²) in [5.74, 6) is -0.00493. The van der Waals surface area contributed by atoms with Crippen molar-refractivity contribution in [3.8, 4) is 11.3 Å². The van der Waals surface area contributed by atoms with Gasteiger partial charge in [-0.1, -0.05) is 18.2 Å². The van der Waals surface area contributed by atoms with E-state index in [0.717, 1.165) is 16.9 Å². The molecular weight excluding hydrogens is 228 g/mol. The van der Waals surface area contributed by atoms with Crippen molar-refractivity contribution in [2.24, 2.45) is 0 Å². The van der Waals surface area contributed by atoms with Crippen molar-refractivity contribution in [3.63, 3.8) is 0 Å². The van der Waals surface area contributed by atoms with Gasteiger partial charge in [-0.2, -0.15) is 5.10 Å². The molecule has 1 aromatic carbocycles. The third kappa shape index (κ3) is 1.27. The van der Waals surface area contributed by atoms with Crippen LogP contribution in [0.2, 0.25) is 0 Å². The minimum Gasteiger partial charge on any atom is -0.396 e. The number of carbonyl (C=O) groups is 1. The number of rotatable bonds is 0. The lowest BCUT2D eigenvalue weighted by molar-refractivity contribution is -0.117. The number of hydrogen-bond acceptors (Lipinski definition) is 3. The highest BCUT2D eigenvalue weighted by atomic mass is 16.2. The van der Waals surface area contributed by atoms with Gasteiger partial charge in [-0.15, -0.1) is 0 Å². The average Bonchev–Trinajstić information content (AvgIpc) is 2.72. The van der Waals surface area contributed by atoms with Crippen LogP contribution in [0.15, 0.2) is 30.5 Å². The SMILES string of the molecule is CC(=O)N1c2ccccc2-c2c(N)cnn2C1C. The summed E-state index contributed by atoms with van der Waals surface area (Å²) in [6.07, 6.45) is 1.47. The first-order valence-electron chi connectivity index (χ1n) is 5.83. The Morgan fingerprint density at radius 2 is 2.11 bits per heavy atom. The Morgan fingerprint density at radius 3 is 2.83 bits per heavy atom. The Bertz CT molecular complexity index is 632. The van der Waals surface area contributed by atoms with Gasteiger partial charge in [-0.05, 0) is 13.0 Å². The van der Waals surface area contributed by atoms with Crippen LogP contribution in [0.5, 0.6) is 0 Å². The van der Waals surface area contributed by atoms with Crippen LogP contribution in [0.3, 0.4) is 0 Å². The summed E-state index contributed by atoms with van der Waals surface area (Å²) in [5.41, 5.74) is 9.33. The molecule has 1 atom stereocenters. The first-order chi connectivity index (χ1) is 8.61. The van der Waals surface area contributed by atoms with Crippen molar-refractivity contribution >= 4 is 17.3 Å². The van der Waals surface area contributed by atoms with Gasteiger partial charge in [0.2, 0.25) is 5.91 Å². The lowest BCUT2D eigenvalue weighted by Gasteiger charge is -2.35. The Kier molecular flexibility index (Phi) is 2.16. The molecule has 2 N–H and O–H groups in total. The molecule has 0 radical (unpaired) electrons. The number of nitrogens with zero attached hydrogens (tertiary/aromatic N) is 3. The number of benzene rings is 1. The van der Waals surface area contributed by atoms with E-state index in [9.17, 15) is 4.79 Å². The molecule has 0 fully saturated rings. The van der Waals surface area contributed by atoms with Crippen molar-refractivity contribution in [1.82, 2.24) is 9.78 Å². The lowest BCUT2D eigenvalue weighted by Crippen LogP contribution is -2.38. The number of nitrogens with two attached hydrogens (primary N) is 1. The number of hydrogen-bond donors (Lipinski definition) is 1. The van der Waals surface area contributed by atoms with Crippen molar-refractivity contribution in [3.05, 3.63) is 30.5 Å². The monoisotopic (exact) mass is 242 g/mol. The van der Waals surface area contributed by atoms with Crippen LogP contribution in [-0.4, -0.2) is 15.7 Å². The molecule has 0 bridgehead atoms. The van der Waals surface area contributed by atoms with Crippen LogP contribution in [0.1, 0.15) is 20.0 Å². The zero-order chi connectivity index (χ0) is 12.9.